The lowest BCUT2D eigenvalue weighted by Crippen LogP contribution is -2.20. The number of aromatic nitrogens is 3. The van der Waals surface area contributed by atoms with E-state index in [1.165, 1.54) is 22.3 Å². The molecule has 176 valence electrons. The molecule has 0 bridgehead atoms. The summed E-state index contributed by atoms with van der Waals surface area (Å²) in [6, 6.07) is 12.0. The van der Waals surface area contributed by atoms with Crippen molar-refractivity contribution in [1.29, 1.82) is 10.5 Å². The minimum atomic E-state index is -0.341. The third kappa shape index (κ3) is 5.32. The standard InChI is InChI=1S/C26H24N6O2S/c1-4-34-19-9-7-17(8-10-19)5-6-18-11-20-21(13-27)25(35-24(20)26(2,3)12-18)30-23(33)15-32-16-29-22(14-28)31-32/h5-11,16H,4,12,15H2,1-3H3,(H,30,33)/b6-5+. The number of amides is 1. The third-order valence-electron chi connectivity index (χ3n) is 5.52. The van der Waals surface area contributed by atoms with Crippen molar-refractivity contribution in [3.63, 3.8) is 0 Å². The molecule has 9 heteroatoms. The van der Waals surface area contributed by atoms with Gasteiger partial charge in [-0.05, 0) is 42.7 Å². The van der Waals surface area contributed by atoms with Crippen LogP contribution in [0.4, 0.5) is 5.00 Å². The van der Waals surface area contributed by atoms with Crippen LogP contribution in [-0.2, 0) is 16.8 Å². The number of ether oxygens (including phenoxy) is 1. The maximum Gasteiger partial charge on any atom is 0.252 e. The molecule has 1 N–H and O–H groups in total. The smallest absolute Gasteiger partial charge is 0.252 e. The van der Waals surface area contributed by atoms with Crippen LogP contribution >= 0.6 is 11.3 Å². The second kappa shape index (κ2) is 9.96. The van der Waals surface area contributed by atoms with Crippen LogP contribution in [0, 0.1) is 22.7 Å². The Labute approximate surface area is 207 Å². The van der Waals surface area contributed by atoms with E-state index in [1.807, 2.05) is 43.3 Å². The summed E-state index contributed by atoms with van der Waals surface area (Å²) >= 11 is 1.43. The Balaban J connectivity index is 1.57. The number of hydrogen-bond donors (Lipinski definition) is 1. The lowest BCUT2D eigenvalue weighted by Gasteiger charge is -2.29. The first kappa shape index (κ1) is 23.9. The summed E-state index contributed by atoms with van der Waals surface area (Å²) in [6.45, 7) is 6.78. The molecule has 1 aromatic carbocycles. The van der Waals surface area contributed by atoms with Crippen molar-refractivity contribution in [2.45, 2.75) is 39.2 Å². The van der Waals surface area contributed by atoms with E-state index in [4.69, 9.17) is 10.00 Å². The summed E-state index contributed by atoms with van der Waals surface area (Å²) in [6.07, 6.45) is 8.30. The minimum Gasteiger partial charge on any atom is -0.494 e. The number of nitrogens with one attached hydrogen (secondary N) is 1. The van der Waals surface area contributed by atoms with Gasteiger partial charge in [-0.1, -0.05) is 38.1 Å². The Morgan fingerprint density at radius 2 is 2.03 bits per heavy atom. The van der Waals surface area contributed by atoms with Gasteiger partial charge in [0.2, 0.25) is 5.91 Å². The number of nitrogens with zero attached hydrogens (tertiary/aromatic N) is 5. The van der Waals surface area contributed by atoms with E-state index in [9.17, 15) is 10.1 Å². The zero-order valence-corrected chi connectivity index (χ0v) is 20.5. The average molecular weight is 485 g/mol. The number of benzene rings is 1. The first-order valence-electron chi connectivity index (χ1n) is 11.1. The Bertz CT molecular complexity index is 1400. The van der Waals surface area contributed by atoms with Gasteiger partial charge in [0.1, 0.15) is 35.8 Å². The highest BCUT2D eigenvalue weighted by Gasteiger charge is 2.33. The van der Waals surface area contributed by atoms with Crippen LogP contribution < -0.4 is 10.1 Å². The van der Waals surface area contributed by atoms with E-state index in [0.717, 1.165) is 33.7 Å². The Kier molecular flexibility index (Phi) is 6.81. The van der Waals surface area contributed by atoms with Crippen molar-refractivity contribution >= 4 is 34.4 Å². The molecule has 2 aromatic heterocycles. The predicted molar refractivity (Wildman–Crippen MR) is 135 cm³/mol. The highest BCUT2D eigenvalue weighted by molar-refractivity contribution is 7.17. The van der Waals surface area contributed by atoms with Crippen LogP contribution in [0.5, 0.6) is 5.75 Å². The zero-order valence-electron chi connectivity index (χ0n) is 19.7. The van der Waals surface area contributed by atoms with Crippen LogP contribution in [0.2, 0.25) is 0 Å². The third-order valence-corrected chi connectivity index (χ3v) is 7.01. The van der Waals surface area contributed by atoms with Crippen molar-refractivity contribution < 1.29 is 9.53 Å². The minimum absolute atomic E-state index is 0.000177. The number of thiophene rings is 1. The molecule has 0 fully saturated rings. The molecule has 1 aliphatic carbocycles. The number of hydrogen-bond acceptors (Lipinski definition) is 7. The normalized spacial score (nSPS) is 14.0. The van der Waals surface area contributed by atoms with Gasteiger partial charge in [0.05, 0.1) is 12.2 Å². The van der Waals surface area contributed by atoms with Crippen molar-refractivity contribution in [2.75, 3.05) is 11.9 Å². The van der Waals surface area contributed by atoms with Gasteiger partial charge >= 0.3 is 0 Å². The maximum atomic E-state index is 12.6. The van der Waals surface area contributed by atoms with Crippen molar-refractivity contribution in [2.24, 2.45) is 0 Å². The molecule has 8 nitrogen and oxygen atoms in total. The van der Waals surface area contributed by atoms with Crippen LogP contribution in [0.15, 0.2) is 42.2 Å². The van der Waals surface area contributed by atoms with Gasteiger partial charge in [-0.15, -0.1) is 16.4 Å². The predicted octanol–water partition coefficient (Wildman–Crippen LogP) is 4.90. The number of carbonyl (C=O) groups is 1. The van der Waals surface area contributed by atoms with Crippen LogP contribution in [0.3, 0.4) is 0 Å². The fourth-order valence-corrected chi connectivity index (χ4v) is 5.24. The lowest BCUT2D eigenvalue weighted by atomic mass is 9.77. The summed E-state index contributed by atoms with van der Waals surface area (Å²) in [7, 11) is 0. The van der Waals surface area contributed by atoms with E-state index in [1.54, 1.807) is 0 Å². The number of fused-ring (bicyclic) bond motifs is 1. The molecule has 0 atom stereocenters. The second-order valence-corrected chi connectivity index (χ2v) is 9.72. The van der Waals surface area contributed by atoms with Gasteiger partial charge in [0, 0.05) is 15.9 Å². The van der Waals surface area contributed by atoms with E-state index < -0.39 is 0 Å². The summed E-state index contributed by atoms with van der Waals surface area (Å²) in [4.78, 5) is 17.5. The molecule has 0 spiro atoms. The highest BCUT2D eigenvalue weighted by atomic mass is 32.1. The van der Waals surface area contributed by atoms with Crippen molar-refractivity contribution in [3.8, 4) is 17.9 Å². The molecule has 1 aliphatic rings. The first-order chi connectivity index (χ1) is 16.8. The fraction of sp³-hybridized carbons (Fsp3) is 0.269. The highest BCUT2D eigenvalue weighted by Crippen LogP contribution is 2.47. The Morgan fingerprint density at radius 3 is 2.69 bits per heavy atom. The zero-order chi connectivity index (χ0) is 25.0. The van der Waals surface area contributed by atoms with Gasteiger partial charge in [0.25, 0.3) is 5.82 Å². The van der Waals surface area contributed by atoms with Gasteiger partial charge in [-0.3, -0.25) is 4.79 Å². The van der Waals surface area contributed by atoms with Crippen molar-refractivity contribution in [3.05, 3.63) is 69.6 Å². The largest absolute Gasteiger partial charge is 0.494 e. The van der Waals surface area contributed by atoms with Gasteiger partial charge in [-0.2, -0.15) is 10.5 Å². The number of rotatable bonds is 7. The molecule has 35 heavy (non-hydrogen) atoms. The summed E-state index contributed by atoms with van der Waals surface area (Å²) in [5.74, 6) is 0.500. The molecule has 1 amide bonds. The monoisotopic (exact) mass is 484 g/mol. The molecule has 0 saturated heterocycles. The number of carbonyl (C=O) groups excluding carboxylic acids is 1. The summed E-state index contributed by atoms with van der Waals surface area (Å²) in [5, 5.41) is 26.0. The van der Waals surface area contributed by atoms with E-state index in [2.05, 4.69) is 47.5 Å². The van der Waals surface area contributed by atoms with Gasteiger partial charge in [0.15, 0.2) is 0 Å². The average Bonchev–Trinajstić information content (AvgIpc) is 3.42. The molecular formula is C26H24N6O2S. The lowest BCUT2D eigenvalue weighted by molar-refractivity contribution is -0.116. The van der Waals surface area contributed by atoms with Crippen LogP contribution in [0.25, 0.3) is 12.2 Å². The first-order valence-corrected chi connectivity index (χ1v) is 11.9. The number of allylic oxidation sites excluding steroid dienone is 2. The maximum absolute atomic E-state index is 12.6. The van der Waals surface area contributed by atoms with Crippen LogP contribution in [0.1, 0.15) is 54.6 Å². The molecule has 3 aromatic rings. The van der Waals surface area contributed by atoms with Crippen molar-refractivity contribution in [1.82, 2.24) is 14.8 Å². The molecule has 4 rings (SSSR count). The fourth-order valence-electron chi connectivity index (χ4n) is 4.00. The Morgan fingerprint density at radius 1 is 1.26 bits per heavy atom. The molecule has 0 unspecified atom stereocenters. The summed E-state index contributed by atoms with van der Waals surface area (Å²) in [5.41, 5.74) is 3.27. The van der Waals surface area contributed by atoms with E-state index in [0.29, 0.717) is 17.2 Å². The molecular weight excluding hydrogens is 460 g/mol. The Hall–Kier alpha value is -4.21. The molecule has 0 saturated carbocycles. The quantitative estimate of drug-likeness (QED) is 0.510. The second-order valence-electron chi connectivity index (χ2n) is 8.70. The molecule has 0 radical (unpaired) electrons. The van der Waals surface area contributed by atoms with E-state index in [-0.39, 0.29) is 23.7 Å². The molecule has 2 heterocycles. The molecule has 0 aliphatic heterocycles. The number of anilines is 1. The number of nitriles is 2. The van der Waals surface area contributed by atoms with E-state index >= 15 is 0 Å². The van der Waals surface area contributed by atoms with Gasteiger partial charge < -0.3 is 10.1 Å². The van der Waals surface area contributed by atoms with Gasteiger partial charge in [-0.25, -0.2) is 9.67 Å². The van der Waals surface area contributed by atoms with Crippen LogP contribution in [-0.4, -0.2) is 27.3 Å². The summed E-state index contributed by atoms with van der Waals surface area (Å²) < 4.78 is 6.79. The topological polar surface area (TPSA) is 117 Å². The SMILES string of the molecule is CCOc1ccc(/C=C/C2=Cc3c(sc(NC(=O)Cn4cnc(C#N)n4)c3C#N)C(C)(C)C2)cc1.